The van der Waals surface area contributed by atoms with E-state index in [9.17, 15) is 9.59 Å². The summed E-state index contributed by atoms with van der Waals surface area (Å²) in [4.78, 5) is 27.3. The average Bonchev–Trinajstić information content (AvgIpc) is 2.89. The number of nitrogens with zero attached hydrogens (tertiary/aromatic N) is 1. The Hall–Kier alpha value is -2.66. The first-order valence-electron chi connectivity index (χ1n) is 10.2. The van der Waals surface area contributed by atoms with Crippen molar-refractivity contribution < 1.29 is 9.59 Å². The number of hydrogen-bond acceptors (Lipinski definition) is 3. The molecule has 1 saturated heterocycles. The summed E-state index contributed by atoms with van der Waals surface area (Å²) in [5.74, 6) is -0.0235. The molecule has 1 fully saturated rings. The Morgan fingerprint density at radius 2 is 1.72 bits per heavy atom. The van der Waals surface area contributed by atoms with Crippen molar-refractivity contribution in [2.24, 2.45) is 0 Å². The van der Waals surface area contributed by atoms with Crippen LogP contribution in [-0.2, 0) is 11.2 Å². The molecule has 5 heteroatoms. The number of hydrogen-bond donors (Lipinski definition) is 2. The summed E-state index contributed by atoms with van der Waals surface area (Å²) in [6, 6.07) is 13.6. The third-order valence-electron chi connectivity index (χ3n) is 5.86. The molecule has 2 amide bonds. The molecule has 0 radical (unpaired) electrons. The highest BCUT2D eigenvalue weighted by molar-refractivity contribution is 5.94. The first kappa shape index (κ1) is 21.1. The van der Waals surface area contributed by atoms with Gasteiger partial charge in [-0.1, -0.05) is 30.3 Å². The van der Waals surface area contributed by atoms with Crippen LogP contribution in [0.3, 0.4) is 0 Å². The van der Waals surface area contributed by atoms with E-state index in [-0.39, 0.29) is 17.9 Å². The number of benzene rings is 2. The van der Waals surface area contributed by atoms with Gasteiger partial charge in [0.2, 0.25) is 5.91 Å². The number of aryl methyl sites for hydroxylation is 2. The van der Waals surface area contributed by atoms with Gasteiger partial charge in [-0.05, 0) is 75.4 Å². The summed E-state index contributed by atoms with van der Waals surface area (Å²) >= 11 is 0. The molecule has 3 rings (SSSR count). The molecule has 2 aromatic rings. The molecule has 1 aliphatic heterocycles. The summed E-state index contributed by atoms with van der Waals surface area (Å²) in [6.07, 6.45) is 0.661. The lowest BCUT2D eigenvalue weighted by atomic mass is 10.0. The highest BCUT2D eigenvalue weighted by Gasteiger charge is 2.43. The third kappa shape index (κ3) is 4.67. The highest BCUT2D eigenvalue weighted by Crippen LogP contribution is 2.23. The molecular weight excluding hydrogens is 362 g/mol. The van der Waals surface area contributed by atoms with E-state index in [0.717, 1.165) is 16.7 Å². The Bertz CT molecular complexity index is 883. The predicted octanol–water partition coefficient (Wildman–Crippen LogP) is 3.12. The van der Waals surface area contributed by atoms with Gasteiger partial charge < -0.3 is 10.2 Å². The van der Waals surface area contributed by atoms with Crippen molar-refractivity contribution in [1.82, 2.24) is 15.5 Å². The summed E-state index contributed by atoms with van der Waals surface area (Å²) < 4.78 is 0. The second kappa shape index (κ2) is 8.37. The Labute approximate surface area is 173 Å². The van der Waals surface area contributed by atoms with Crippen molar-refractivity contribution in [3.63, 3.8) is 0 Å². The summed E-state index contributed by atoms with van der Waals surface area (Å²) in [5, 5.41) is 6.40. The molecule has 1 aliphatic rings. The average molecular weight is 394 g/mol. The molecule has 0 bridgehead atoms. The SMILES string of the molecule is Cc1cc(C(=O)NCCN2C(=O)[C@@H](Cc3ccccc3)NC2(C)C)cc(C)c1C. The van der Waals surface area contributed by atoms with Crippen molar-refractivity contribution in [2.45, 2.75) is 52.7 Å². The fraction of sp³-hybridized carbons (Fsp3) is 0.417. The standard InChI is InChI=1S/C24H31N3O2/c1-16-13-20(14-17(2)18(16)3)22(28)25-11-12-27-23(29)21(26-24(27,4)5)15-19-9-7-6-8-10-19/h6-10,13-14,21,26H,11-12,15H2,1-5H3,(H,25,28)/t21-/m1/s1. The number of amides is 2. The normalized spacial score (nSPS) is 18.2. The quantitative estimate of drug-likeness (QED) is 0.793. The van der Waals surface area contributed by atoms with Crippen LogP contribution in [0.2, 0.25) is 0 Å². The minimum Gasteiger partial charge on any atom is -0.350 e. The van der Waals surface area contributed by atoms with E-state index in [1.54, 1.807) is 0 Å². The monoisotopic (exact) mass is 393 g/mol. The zero-order chi connectivity index (χ0) is 21.2. The lowest BCUT2D eigenvalue weighted by Crippen LogP contribution is -2.49. The molecule has 0 aliphatic carbocycles. The third-order valence-corrected chi connectivity index (χ3v) is 5.86. The van der Waals surface area contributed by atoms with Crippen molar-refractivity contribution in [3.8, 4) is 0 Å². The molecule has 29 heavy (non-hydrogen) atoms. The van der Waals surface area contributed by atoms with E-state index in [0.29, 0.717) is 25.1 Å². The Kier molecular flexibility index (Phi) is 6.08. The Morgan fingerprint density at radius 3 is 2.34 bits per heavy atom. The zero-order valence-corrected chi connectivity index (χ0v) is 18.0. The molecule has 0 unspecified atom stereocenters. The van der Waals surface area contributed by atoms with Crippen LogP contribution in [0.5, 0.6) is 0 Å². The van der Waals surface area contributed by atoms with Crippen LogP contribution in [0.15, 0.2) is 42.5 Å². The van der Waals surface area contributed by atoms with E-state index in [1.165, 1.54) is 5.56 Å². The summed E-state index contributed by atoms with van der Waals surface area (Å²) in [6.45, 7) is 11.0. The van der Waals surface area contributed by atoms with Crippen molar-refractivity contribution >= 4 is 11.8 Å². The maximum Gasteiger partial charge on any atom is 0.251 e. The highest BCUT2D eigenvalue weighted by atomic mass is 16.2. The first-order chi connectivity index (χ1) is 13.7. The van der Waals surface area contributed by atoms with Gasteiger partial charge in [0.15, 0.2) is 0 Å². The fourth-order valence-corrected chi connectivity index (χ4v) is 3.96. The van der Waals surface area contributed by atoms with Gasteiger partial charge >= 0.3 is 0 Å². The molecule has 1 heterocycles. The van der Waals surface area contributed by atoms with Gasteiger partial charge in [-0.2, -0.15) is 0 Å². The van der Waals surface area contributed by atoms with E-state index >= 15 is 0 Å². The Morgan fingerprint density at radius 1 is 1.10 bits per heavy atom. The molecule has 1 atom stereocenters. The number of nitrogens with one attached hydrogen (secondary N) is 2. The second-order valence-electron chi connectivity index (χ2n) is 8.43. The summed E-state index contributed by atoms with van der Waals surface area (Å²) in [5.41, 5.74) is 4.78. The van der Waals surface area contributed by atoms with E-state index < -0.39 is 5.66 Å². The van der Waals surface area contributed by atoms with Crippen molar-refractivity contribution in [2.75, 3.05) is 13.1 Å². The minimum absolute atomic E-state index is 0.0788. The van der Waals surface area contributed by atoms with Gasteiger partial charge in [0.05, 0.1) is 11.7 Å². The van der Waals surface area contributed by atoms with Gasteiger partial charge in [-0.15, -0.1) is 0 Å². The maximum atomic E-state index is 12.9. The number of carbonyl (C=O) groups is 2. The van der Waals surface area contributed by atoms with Crippen LogP contribution in [0.1, 0.15) is 46.5 Å². The van der Waals surface area contributed by atoms with E-state index in [1.807, 2.05) is 75.1 Å². The molecule has 2 aromatic carbocycles. The molecule has 154 valence electrons. The van der Waals surface area contributed by atoms with Gasteiger partial charge in [-0.3, -0.25) is 14.9 Å². The summed E-state index contributed by atoms with van der Waals surface area (Å²) in [7, 11) is 0. The largest absolute Gasteiger partial charge is 0.350 e. The van der Waals surface area contributed by atoms with Crippen LogP contribution in [0.25, 0.3) is 0 Å². The van der Waals surface area contributed by atoms with Crippen LogP contribution in [0.4, 0.5) is 0 Å². The smallest absolute Gasteiger partial charge is 0.251 e. The topological polar surface area (TPSA) is 61.4 Å². The molecular formula is C24H31N3O2. The van der Waals surface area contributed by atoms with Gasteiger partial charge in [0.1, 0.15) is 0 Å². The second-order valence-corrected chi connectivity index (χ2v) is 8.43. The van der Waals surface area contributed by atoms with Crippen molar-refractivity contribution in [3.05, 3.63) is 70.3 Å². The van der Waals surface area contributed by atoms with Gasteiger partial charge in [0.25, 0.3) is 5.91 Å². The van der Waals surface area contributed by atoms with E-state index in [4.69, 9.17) is 0 Å². The number of carbonyl (C=O) groups excluding carboxylic acids is 2. The molecule has 0 saturated carbocycles. The van der Waals surface area contributed by atoms with Gasteiger partial charge in [-0.25, -0.2) is 0 Å². The van der Waals surface area contributed by atoms with Crippen LogP contribution in [0, 0.1) is 20.8 Å². The molecule has 0 spiro atoms. The molecule has 2 N–H and O–H groups in total. The van der Waals surface area contributed by atoms with Crippen LogP contribution in [-0.4, -0.2) is 41.5 Å². The minimum atomic E-state index is -0.446. The molecule has 5 nitrogen and oxygen atoms in total. The zero-order valence-electron chi connectivity index (χ0n) is 18.0. The van der Waals surface area contributed by atoms with Crippen molar-refractivity contribution in [1.29, 1.82) is 0 Å². The van der Waals surface area contributed by atoms with Gasteiger partial charge in [0, 0.05) is 18.7 Å². The lowest BCUT2D eigenvalue weighted by Gasteiger charge is -2.31. The molecule has 0 aromatic heterocycles. The van der Waals surface area contributed by atoms with Crippen LogP contribution >= 0.6 is 0 Å². The van der Waals surface area contributed by atoms with Crippen LogP contribution < -0.4 is 10.6 Å². The fourth-order valence-electron chi connectivity index (χ4n) is 3.96. The van der Waals surface area contributed by atoms with E-state index in [2.05, 4.69) is 17.6 Å². The predicted molar refractivity (Wildman–Crippen MR) is 116 cm³/mol. The Balaban J connectivity index is 1.59. The first-order valence-corrected chi connectivity index (χ1v) is 10.2. The number of rotatable bonds is 6. The maximum absolute atomic E-state index is 12.9. The lowest BCUT2D eigenvalue weighted by molar-refractivity contribution is -0.131.